The Morgan fingerprint density at radius 2 is 1.15 bits per heavy atom. The van der Waals surface area contributed by atoms with Crippen LogP contribution in [0.3, 0.4) is 0 Å². The van der Waals surface area contributed by atoms with Crippen LogP contribution in [0.15, 0.2) is 109 Å². The van der Waals surface area contributed by atoms with Gasteiger partial charge in [0.2, 0.25) is 0 Å². The van der Waals surface area contributed by atoms with Crippen molar-refractivity contribution in [3.8, 4) is 0 Å². The fraction of sp³-hybridized carbons (Fsp3) is 0.268. The van der Waals surface area contributed by atoms with Crippen LogP contribution in [0.2, 0.25) is 10.0 Å². The standard InChI is InChI=1S/C21H25.C15H12Cl2.C5H5.2ClH.Zr/c1-20(2,3)16-9-7-14-11-15-8-10-17(21(4,5)6)13-19(15)18(14)12-16;16-14-8-2-6-12(10-14)4-1-5-13-7-3-9-15(17)11-13;1-2-4-5-3-1;;;/h7-13H,1-6H3;2-3,6-11H,4-5H2;1-3H,4H2;2*1H;/q-1;;-1;;;+2/p-2. The van der Waals surface area contributed by atoms with Crippen molar-refractivity contribution >= 4 is 48.0 Å². The SMILES string of the molecule is CC(C)(C)c1ccc2[cH-]c3ccc(C(C)(C)C)cc3c2c1.Clc1cccc(C[C](=[Zr+2])Cc2cccc(Cl)c2)c1.[C-]1=CC=CC1.[Cl-].[Cl-]. The predicted molar refractivity (Wildman–Crippen MR) is 191 cm³/mol. The van der Waals surface area contributed by atoms with Gasteiger partial charge in [0.15, 0.2) is 0 Å². The zero-order chi connectivity index (χ0) is 31.9. The molecule has 0 saturated carbocycles. The summed E-state index contributed by atoms with van der Waals surface area (Å²) < 4.78 is 1.49. The smallest absolute Gasteiger partial charge is 0.109 e. The van der Waals surface area contributed by atoms with Crippen LogP contribution in [0, 0.1) is 6.08 Å². The van der Waals surface area contributed by atoms with E-state index in [1.54, 1.807) is 0 Å². The zero-order valence-electron chi connectivity index (χ0n) is 27.5. The molecule has 0 unspecified atom stereocenters. The van der Waals surface area contributed by atoms with E-state index in [9.17, 15) is 0 Å². The van der Waals surface area contributed by atoms with Crippen molar-refractivity contribution in [1.82, 2.24) is 0 Å². The first kappa shape index (κ1) is 40.3. The summed E-state index contributed by atoms with van der Waals surface area (Å²) in [5.41, 5.74) is 5.75. The van der Waals surface area contributed by atoms with E-state index in [0.29, 0.717) is 0 Å². The van der Waals surface area contributed by atoms with Crippen LogP contribution >= 0.6 is 23.2 Å². The molecule has 0 bridgehead atoms. The topological polar surface area (TPSA) is 0 Å². The third-order valence-corrected chi connectivity index (χ3v) is 8.98. The summed E-state index contributed by atoms with van der Waals surface area (Å²) in [6.07, 6.45) is 12.0. The molecule has 0 heterocycles. The number of fused-ring (bicyclic) bond motifs is 3. The van der Waals surface area contributed by atoms with Crippen molar-refractivity contribution < 1.29 is 49.0 Å². The minimum atomic E-state index is 0. The van der Waals surface area contributed by atoms with Gasteiger partial charge < -0.3 is 24.8 Å². The number of rotatable bonds is 4. The molecule has 0 radical (unpaired) electrons. The Hall–Kier alpha value is -1.86. The van der Waals surface area contributed by atoms with Crippen LogP contribution < -0.4 is 24.8 Å². The van der Waals surface area contributed by atoms with Crippen molar-refractivity contribution in [1.29, 1.82) is 0 Å². The van der Waals surface area contributed by atoms with Crippen LogP contribution in [-0.4, -0.2) is 3.21 Å². The first-order chi connectivity index (χ1) is 20.8. The molecule has 1 aliphatic carbocycles. The molecule has 0 N–H and O–H groups in total. The van der Waals surface area contributed by atoms with Crippen molar-refractivity contribution in [2.45, 2.75) is 71.6 Å². The maximum atomic E-state index is 5.99. The molecule has 1 aliphatic rings. The Morgan fingerprint density at radius 1 is 0.696 bits per heavy atom. The Balaban J connectivity index is 0.000000270. The fourth-order valence-corrected chi connectivity index (χ4v) is 6.55. The average molecular weight is 768 g/mol. The normalized spacial score (nSPS) is 12.0. The molecule has 0 saturated heterocycles. The zero-order valence-corrected chi connectivity index (χ0v) is 33.0. The minimum absolute atomic E-state index is 0. The molecule has 0 aliphatic heterocycles. The number of benzene rings is 4. The van der Waals surface area contributed by atoms with Crippen LogP contribution in [-0.2, 0) is 47.9 Å². The van der Waals surface area contributed by atoms with E-state index in [4.69, 9.17) is 23.2 Å². The molecular weight excluding hydrogens is 725 g/mol. The van der Waals surface area contributed by atoms with E-state index in [2.05, 4.69) is 108 Å². The monoisotopic (exact) mass is 764 g/mol. The Labute approximate surface area is 313 Å². The van der Waals surface area contributed by atoms with Crippen LogP contribution in [0.5, 0.6) is 0 Å². The van der Waals surface area contributed by atoms with E-state index < -0.39 is 0 Å². The average Bonchev–Trinajstić information content (AvgIpc) is 3.64. The summed E-state index contributed by atoms with van der Waals surface area (Å²) in [4.78, 5) is 0. The second-order valence-corrected chi connectivity index (χ2v) is 16.1. The van der Waals surface area contributed by atoms with Gasteiger partial charge in [0.25, 0.3) is 0 Å². The molecule has 46 heavy (non-hydrogen) atoms. The van der Waals surface area contributed by atoms with Gasteiger partial charge in [-0.25, -0.2) is 12.2 Å². The summed E-state index contributed by atoms with van der Waals surface area (Å²) in [6.45, 7) is 13.7. The summed E-state index contributed by atoms with van der Waals surface area (Å²) in [6, 6.07) is 32.3. The van der Waals surface area contributed by atoms with Gasteiger partial charge in [0.05, 0.1) is 0 Å². The van der Waals surface area contributed by atoms with Crippen molar-refractivity contribution in [2.24, 2.45) is 0 Å². The van der Waals surface area contributed by atoms with Crippen LogP contribution in [0.25, 0.3) is 21.5 Å². The van der Waals surface area contributed by atoms with Gasteiger partial charge in [-0.3, -0.25) is 6.08 Å². The second kappa shape index (κ2) is 18.1. The molecule has 5 heteroatoms. The second-order valence-electron chi connectivity index (χ2n) is 13.5. The molecule has 5 aromatic carbocycles. The molecule has 0 spiro atoms. The molecular formula is C41H42Cl4Zr-2. The van der Waals surface area contributed by atoms with E-state index in [1.807, 2.05) is 48.6 Å². The van der Waals surface area contributed by atoms with E-state index in [0.717, 1.165) is 29.3 Å². The summed E-state index contributed by atoms with van der Waals surface area (Å²) in [7, 11) is 0. The molecule has 6 rings (SSSR count). The van der Waals surface area contributed by atoms with Crippen molar-refractivity contribution in [2.75, 3.05) is 0 Å². The molecule has 0 aromatic heterocycles. The Bertz CT molecular complexity index is 1670. The molecule has 240 valence electrons. The predicted octanol–water partition coefficient (Wildman–Crippen LogP) is 6.12. The first-order valence-corrected chi connectivity index (χ1v) is 17.2. The minimum Gasteiger partial charge on any atom is -1.00 e. The van der Waals surface area contributed by atoms with Gasteiger partial charge in [-0.1, -0.05) is 76.9 Å². The quantitative estimate of drug-likeness (QED) is 0.194. The summed E-state index contributed by atoms with van der Waals surface area (Å²) >= 11 is 13.4. The molecule has 5 aromatic rings. The van der Waals surface area contributed by atoms with Gasteiger partial charge in [0.1, 0.15) is 0 Å². The summed E-state index contributed by atoms with van der Waals surface area (Å²) in [5, 5.41) is 7.10. The van der Waals surface area contributed by atoms with E-state index >= 15 is 0 Å². The Morgan fingerprint density at radius 3 is 1.48 bits per heavy atom. The first-order valence-electron chi connectivity index (χ1n) is 15.2. The van der Waals surface area contributed by atoms with Crippen LogP contribution in [0.1, 0.15) is 70.2 Å². The maximum absolute atomic E-state index is 5.99. The maximum Gasteiger partial charge on any atom is -0.109 e. The third-order valence-electron chi connectivity index (χ3n) is 7.64. The summed E-state index contributed by atoms with van der Waals surface area (Å²) in [5.74, 6) is 0. The van der Waals surface area contributed by atoms with Crippen molar-refractivity contribution in [3.63, 3.8) is 0 Å². The van der Waals surface area contributed by atoms with Gasteiger partial charge >= 0.3 is 133 Å². The molecule has 0 fully saturated rings. The molecule has 0 nitrogen and oxygen atoms in total. The third kappa shape index (κ3) is 12.0. The number of halogens is 4. The van der Waals surface area contributed by atoms with Gasteiger partial charge in [-0.2, -0.15) is 6.08 Å². The van der Waals surface area contributed by atoms with E-state index in [-0.39, 0.29) is 35.6 Å². The van der Waals surface area contributed by atoms with Crippen molar-refractivity contribution in [3.05, 3.63) is 148 Å². The number of hydrogen-bond donors (Lipinski definition) is 0. The van der Waals surface area contributed by atoms with Gasteiger partial charge in [-0.05, 0) is 10.8 Å². The van der Waals surface area contributed by atoms with Crippen LogP contribution in [0.4, 0.5) is 0 Å². The molecule has 0 atom stereocenters. The fourth-order valence-electron chi connectivity index (χ4n) is 5.12. The van der Waals surface area contributed by atoms with Gasteiger partial charge in [0, 0.05) is 0 Å². The number of allylic oxidation sites excluding steroid dienone is 4. The Kier molecular flexibility index (Phi) is 15.8. The number of hydrogen-bond acceptors (Lipinski definition) is 0. The largest absolute Gasteiger partial charge is 1.00 e. The van der Waals surface area contributed by atoms with Gasteiger partial charge in [-0.15, -0.1) is 46.2 Å². The van der Waals surface area contributed by atoms with E-state index in [1.165, 1.54) is 71.2 Å². The molecule has 0 amide bonds.